The van der Waals surface area contributed by atoms with Crippen molar-refractivity contribution in [1.82, 2.24) is 5.32 Å². The van der Waals surface area contributed by atoms with Crippen molar-refractivity contribution in [2.75, 3.05) is 20.3 Å². The first-order valence-electron chi connectivity index (χ1n) is 7.30. The molecule has 0 saturated carbocycles. The van der Waals surface area contributed by atoms with E-state index in [-0.39, 0.29) is 5.54 Å². The summed E-state index contributed by atoms with van der Waals surface area (Å²) in [5.41, 5.74) is 3.84. The van der Waals surface area contributed by atoms with Crippen molar-refractivity contribution >= 4 is 0 Å². The van der Waals surface area contributed by atoms with Crippen molar-refractivity contribution in [2.24, 2.45) is 0 Å². The van der Waals surface area contributed by atoms with Gasteiger partial charge in [-0.05, 0) is 51.3 Å². The molecule has 0 aliphatic heterocycles. The normalized spacial score (nSPS) is 11.7. The number of methoxy groups -OCH3 is 1. The Bertz CT molecular complexity index is 398. The Kier molecular flexibility index (Phi) is 6.50. The highest BCUT2D eigenvalue weighted by molar-refractivity contribution is 5.43. The van der Waals surface area contributed by atoms with Gasteiger partial charge in [-0.3, -0.25) is 0 Å². The van der Waals surface area contributed by atoms with Gasteiger partial charge in [-0.1, -0.05) is 12.1 Å². The maximum atomic E-state index is 5.87. The van der Waals surface area contributed by atoms with Gasteiger partial charge in [0.2, 0.25) is 0 Å². The third kappa shape index (κ3) is 5.93. The molecule has 1 N–H and O–H groups in total. The number of hydrogen-bond acceptors (Lipinski definition) is 3. The van der Waals surface area contributed by atoms with Crippen LogP contribution in [0.1, 0.15) is 43.9 Å². The Morgan fingerprint density at radius 1 is 1.05 bits per heavy atom. The Morgan fingerprint density at radius 2 is 1.65 bits per heavy atom. The van der Waals surface area contributed by atoms with E-state index < -0.39 is 0 Å². The summed E-state index contributed by atoms with van der Waals surface area (Å²) in [7, 11) is 1.72. The van der Waals surface area contributed by atoms with Gasteiger partial charge in [0.05, 0.1) is 6.61 Å². The van der Waals surface area contributed by atoms with Crippen LogP contribution in [0, 0.1) is 13.8 Å². The highest BCUT2D eigenvalue weighted by atomic mass is 16.5. The zero-order valence-corrected chi connectivity index (χ0v) is 13.8. The monoisotopic (exact) mass is 279 g/mol. The summed E-state index contributed by atoms with van der Waals surface area (Å²) in [4.78, 5) is 0. The molecular formula is C17H29NO2. The summed E-state index contributed by atoms with van der Waals surface area (Å²) in [6.45, 7) is 13.1. The maximum absolute atomic E-state index is 5.87. The molecule has 0 bridgehead atoms. The van der Waals surface area contributed by atoms with Gasteiger partial charge < -0.3 is 14.8 Å². The van der Waals surface area contributed by atoms with Crippen LogP contribution in [0.3, 0.4) is 0 Å². The SMILES string of the molecule is COCCCOc1c(C)cc(CNC(C)(C)C)cc1C. The van der Waals surface area contributed by atoms with Gasteiger partial charge in [-0.25, -0.2) is 0 Å². The molecule has 0 fully saturated rings. The summed E-state index contributed by atoms with van der Waals surface area (Å²) < 4.78 is 10.9. The lowest BCUT2D eigenvalue weighted by atomic mass is 10.0. The van der Waals surface area contributed by atoms with Crippen molar-refractivity contribution in [3.05, 3.63) is 28.8 Å². The summed E-state index contributed by atoms with van der Waals surface area (Å²) in [6, 6.07) is 4.41. The summed E-state index contributed by atoms with van der Waals surface area (Å²) >= 11 is 0. The van der Waals surface area contributed by atoms with Crippen molar-refractivity contribution in [3.8, 4) is 5.75 Å². The number of aryl methyl sites for hydroxylation is 2. The molecule has 0 heterocycles. The van der Waals surface area contributed by atoms with Crippen LogP contribution in [-0.4, -0.2) is 25.9 Å². The molecule has 0 amide bonds. The number of benzene rings is 1. The van der Waals surface area contributed by atoms with Crippen LogP contribution in [0.4, 0.5) is 0 Å². The first-order chi connectivity index (χ1) is 9.33. The Morgan fingerprint density at radius 3 is 2.15 bits per heavy atom. The molecule has 0 unspecified atom stereocenters. The molecule has 3 heteroatoms. The van der Waals surface area contributed by atoms with Crippen molar-refractivity contribution in [2.45, 2.75) is 53.1 Å². The van der Waals surface area contributed by atoms with E-state index in [2.05, 4.69) is 52.1 Å². The van der Waals surface area contributed by atoms with Crippen LogP contribution >= 0.6 is 0 Å². The predicted octanol–water partition coefficient (Wildman–Crippen LogP) is 3.61. The van der Waals surface area contributed by atoms with Gasteiger partial charge in [0, 0.05) is 32.2 Å². The zero-order valence-electron chi connectivity index (χ0n) is 13.8. The van der Waals surface area contributed by atoms with E-state index in [0.717, 1.165) is 25.3 Å². The van der Waals surface area contributed by atoms with E-state index in [4.69, 9.17) is 9.47 Å². The van der Waals surface area contributed by atoms with E-state index in [1.165, 1.54) is 16.7 Å². The van der Waals surface area contributed by atoms with Crippen molar-refractivity contribution in [3.63, 3.8) is 0 Å². The van der Waals surface area contributed by atoms with Gasteiger partial charge in [-0.2, -0.15) is 0 Å². The molecule has 0 spiro atoms. The lowest BCUT2D eigenvalue weighted by molar-refractivity contribution is 0.171. The fourth-order valence-electron chi connectivity index (χ4n) is 2.11. The fraction of sp³-hybridized carbons (Fsp3) is 0.647. The van der Waals surface area contributed by atoms with Crippen LogP contribution in [0.5, 0.6) is 5.75 Å². The Hall–Kier alpha value is -1.06. The molecule has 0 aliphatic rings. The maximum Gasteiger partial charge on any atom is 0.125 e. The fourth-order valence-corrected chi connectivity index (χ4v) is 2.11. The second kappa shape index (κ2) is 7.65. The third-order valence-corrected chi connectivity index (χ3v) is 3.08. The van der Waals surface area contributed by atoms with E-state index in [1.54, 1.807) is 7.11 Å². The molecule has 0 saturated heterocycles. The zero-order chi connectivity index (χ0) is 15.2. The van der Waals surface area contributed by atoms with Crippen LogP contribution in [0.25, 0.3) is 0 Å². The number of nitrogens with one attached hydrogen (secondary N) is 1. The molecule has 1 aromatic rings. The smallest absolute Gasteiger partial charge is 0.125 e. The molecule has 0 aliphatic carbocycles. The largest absolute Gasteiger partial charge is 0.493 e. The molecule has 0 aromatic heterocycles. The average molecular weight is 279 g/mol. The van der Waals surface area contributed by atoms with E-state index in [0.29, 0.717) is 6.61 Å². The lowest BCUT2D eigenvalue weighted by Gasteiger charge is -2.21. The first-order valence-corrected chi connectivity index (χ1v) is 7.30. The minimum atomic E-state index is 0.136. The van der Waals surface area contributed by atoms with Crippen LogP contribution in [-0.2, 0) is 11.3 Å². The molecule has 0 atom stereocenters. The topological polar surface area (TPSA) is 30.5 Å². The van der Waals surface area contributed by atoms with E-state index in [9.17, 15) is 0 Å². The Balaban J connectivity index is 2.66. The van der Waals surface area contributed by atoms with E-state index >= 15 is 0 Å². The number of ether oxygens (including phenoxy) is 2. The minimum absolute atomic E-state index is 0.136. The van der Waals surface area contributed by atoms with Crippen molar-refractivity contribution in [1.29, 1.82) is 0 Å². The average Bonchev–Trinajstić information content (AvgIpc) is 2.34. The standard InChI is InChI=1S/C17H29NO2/c1-13-10-15(12-18-17(3,4)5)11-14(2)16(13)20-9-7-8-19-6/h10-11,18H,7-9,12H2,1-6H3. The van der Waals surface area contributed by atoms with Gasteiger partial charge in [-0.15, -0.1) is 0 Å². The lowest BCUT2D eigenvalue weighted by Crippen LogP contribution is -2.35. The number of rotatable bonds is 7. The molecule has 3 nitrogen and oxygen atoms in total. The molecular weight excluding hydrogens is 250 g/mol. The Labute approximate surface area is 123 Å². The van der Waals surface area contributed by atoms with Crippen LogP contribution in [0.15, 0.2) is 12.1 Å². The second-order valence-electron chi connectivity index (χ2n) is 6.36. The van der Waals surface area contributed by atoms with Crippen LogP contribution < -0.4 is 10.1 Å². The quantitative estimate of drug-likeness (QED) is 0.773. The van der Waals surface area contributed by atoms with E-state index in [1.807, 2.05) is 0 Å². The molecule has 20 heavy (non-hydrogen) atoms. The van der Waals surface area contributed by atoms with Gasteiger partial charge in [0.25, 0.3) is 0 Å². The molecule has 1 rings (SSSR count). The molecule has 1 aromatic carbocycles. The molecule has 0 radical (unpaired) electrons. The third-order valence-electron chi connectivity index (χ3n) is 3.08. The minimum Gasteiger partial charge on any atom is -0.493 e. The van der Waals surface area contributed by atoms with Gasteiger partial charge >= 0.3 is 0 Å². The highest BCUT2D eigenvalue weighted by Crippen LogP contribution is 2.25. The second-order valence-corrected chi connectivity index (χ2v) is 6.36. The van der Waals surface area contributed by atoms with Gasteiger partial charge in [0.15, 0.2) is 0 Å². The summed E-state index contributed by atoms with van der Waals surface area (Å²) in [5, 5.41) is 3.51. The molecule has 114 valence electrons. The van der Waals surface area contributed by atoms with Crippen molar-refractivity contribution < 1.29 is 9.47 Å². The van der Waals surface area contributed by atoms with Crippen LogP contribution in [0.2, 0.25) is 0 Å². The first kappa shape index (κ1) is 17.0. The number of hydrogen-bond donors (Lipinski definition) is 1. The van der Waals surface area contributed by atoms with Gasteiger partial charge in [0.1, 0.15) is 5.75 Å². The summed E-state index contributed by atoms with van der Waals surface area (Å²) in [5.74, 6) is 1.01. The highest BCUT2D eigenvalue weighted by Gasteiger charge is 2.11. The predicted molar refractivity (Wildman–Crippen MR) is 84.5 cm³/mol. The summed E-state index contributed by atoms with van der Waals surface area (Å²) in [6.07, 6.45) is 0.919.